The Morgan fingerprint density at radius 1 is 1.33 bits per heavy atom. The van der Waals surface area contributed by atoms with Crippen LogP contribution in [0.1, 0.15) is 17.4 Å². The molecule has 0 amide bonds. The Balaban J connectivity index is 1.73. The molecule has 5 nitrogen and oxygen atoms in total. The second-order valence-corrected chi connectivity index (χ2v) is 4.84. The Labute approximate surface area is 105 Å². The van der Waals surface area contributed by atoms with E-state index < -0.39 is 0 Å². The minimum absolute atomic E-state index is 0.531. The molecule has 2 aliphatic rings. The van der Waals surface area contributed by atoms with Gasteiger partial charge in [-0.1, -0.05) is 18.2 Å². The first-order valence-corrected chi connectivity index (χ1v) is 6.38. The summed E-state index contributed by atoms with van der Waals surface area (Å²) in [5.74, 6) is 1.88. The lowest BCUT2D eigenvalue weighted by atomic mass is 10.1. The van der Waals surface area contributed by atoms with Gasteiger partial charge in [-0.2, -0.15) is 5.10 Å². The van der Waals surface area contributed by atoms with E-state index in [9.17, 15) is 0 Å². The first-order chi connectivity index (χ1) is 8.90. The van der Waals surface area contributed by atoms with Crippen molar-refractivity contribution in [3.05, 3.63) is 35.7 Å². The van der Waals surface area contributed by atoms with Gasteiger partial charge in [-0.15, -0.1) is 0 Å². The van der Waals surface area contributed by atoms with E-state index in [-0.39, 0.29) is 0 Å². The molecule has 0 aliphatic carbocycles. The van der Waals surface area contributed by atoms with Gasteiger partial charge in [0.05, 0.1) is 13.1 Å². The molecule has 92 valence electrons. The first-order valence-electron chi connectivity index (χ1n) is 6.38. The van der Waals surface area contributed by atoms with Crippen LogP contribution in [0, 0.1) is 0 Å². The zero-order valence-corrected chi connectivity index (χ0v) is 10.1. The number of fused-ring (bicyclic) bond motifs is 1. The number of aromatic nitrogens is 3. The fourth-order valence-electron chi connectivity index (χ4n) is 2.38. The summed E-state index contributed by atoms with van der Waals surface area (Å²) in [6, 6.07) is 9.05. The summed E-state index contributed by atoms with van der Waals surface area (Å²) >= 11 is 0. The fourth-order valence-corrected chi connectivity index (χ4v) is 2.38. The zero-order valence-electron chi connectivity index (χ0n) is 10.1. The average Bonchev–Trinajstić information content (AvgIpc) is 3.18. The molecule has 5 heteroatoms. The molecule has 1 unspecified atom stereocenters. The Morgan fingerprint density at radius 2 is 2.28 bits per heavy atom. The van der Waals surface area contributed by atoms with E-state index >= 15 is 0 Å². The molecule has 1 atom stereocenters. The molecule has 0 spiro atoms. The van der Waals surface area contributed by atoms with Crippen molar-refractivity contribution in [1.29, 1.82) is 0 Å². The van der Waals surface area contributed by atoms with E-state index in [2.05, 4.69) is 45.0 Å². The zero-order chi connectivity index (χ0) is 11.9. The number of rotatable bonds is 2. The molecule has 0 radical (unpaired) electrons. The lowest BCUT2D eigenvalue weighted by Crippen LogP contribution is -2.28. The van der Waals surface area contributed by atoms with Crippen molar-refractivity contribution in [1.82, 2.24) is 25.4 Å². The molecule has 1 saturated heterocycles. The fraction of sp³-hybridized carbons (Fsp3) is 0.385. The minimum atomic E-state index is 0.531. The molecule has 1 aromatic carbocycles. The van der Waals surface area contributed by atoms with Gasteiger partial charge in [0.15, 0.2) is 5.82 Å². The first kappa shape index (κ1) is 10.2. The smallest absolute Gasteiger partial charge is 0.181 e. The molecule has 2 N–H and O–H groups in total. The van der Waals surface area contributed by atoms with Gasteiger partial charge in [-0.3, -0.25) is 0 Å². The number of benzene rings is 1. The SMILES string of the molecule is c1cc(-c2nc3n(n2)CCNC3)cc(C2CN2)c1. The van der Waals surface area contributed by atoms with Crippen LogP contribution in [0.3, 0.4) is 0 Å². The molecule has 2 aromatic rings. The topological polar surface area (TPSA) is 64.7 Å². The predicted octanol–water partition coefficient (Wildman–Crippen LogP) is 0.693. The molecule has 4 rings (SSSR count). The second-order valence-electron chi connectivity index (χ2n) is 4.84. The van der Waals surface area contributed by atoms with Crippen LogP contribution in [0.25, 0.3) is 11.4 Å². The molecule has 3 heterocycles. The maximum Gasteiger partial charge on any atom is 0.181 e. The van der Waals surface area contributed by atoms with Crippen LogP contribution in [0.5, 0.6) is 0 Å². The van der Waals surface area contributed by atoms with Crippen LogP contribution >= 0.6 is 0 Å². The summed E-state index contributed by atoms with van der Waals surface area (Å²) in [5, 5.41) is 11.2. The van der Waals surface area contributed by atoms with Crippen molar-refractivity contribution in [2.75, 3.05) is 13.1 Å². The number of hydrogen-bond donors (Lipinski definition) is 2. The van der Waals surface area contributed by atoms with Crippen LogP contribution in [0.2, 0.25) is 0 Å². The van der Waals surface area contributed by atoms with E-state index in [4.69, 9.17) is 0 Å². The van der Waals surface area contributed by atoms with Crippen LogP contribution < -0.4 is 10.6 Å². The van der Waals surface area contributed by atoms with Crippen molar-refractivity contribution in [3.8, 4) is 11.4 Å². The average molecular weight is 241 g/mol. The highest BCUT2D eigenvalue weighted by molar-refractivity contribution is 5.56. The van der Waals surface area contributed by atoms with Gasteiger partial charge >= 0.3 is 0 Å². The van der Waals surface area contributed by atoms with Crippen LogP contribution in [0.15, 0.2) is 24.3 Å². The summed E-state index contributed by atoms with van der Waals surface area (Å²) in [6.45, 7) is 3.78. The predicted molar refractivity (Wildman–Crippen MR) is 67.9 cm³/mol. The quantitative estimate of drug-likeness (QED) is 0.759. The summed E-state index contributed by atoms with van der Waals surface area (Å²) in [4.78, 5) is 4.61. The molecule has 1 fully saturated rings. The Bertz CT molecular complexity index is 561. The highest BCUT2D eigenvalue weighted by Gasteiger charge is 2.23. The molecule has 1 aromatic heterocycles. The van der Waals surface area contributed by atoms with E-state index in [1.807, 2.05) is 4.68 Å². The van der Waals surface area contributed by atoms with Gasteiger partial charge in [0, 0.05) is 24.7 Å². The Hall–Kier alpha value is -1.72. The summed E-state index contributed by atoms with van der Waals surface area (Å²) in [7, 11) is 0. The maximum atomic E-state index is 4.61. The van der Waals surface area contributed by atoms with Gasteiger partial charge in [-0.05, 0) is 11.6 Å². The molecule has 2 aliphatic heterocycles. The van der Waals surface area contributed by atoms with Crippen molar-refractivity contribution in [2.45, 2.75) is 19.1 Å². The summed E-state index contributed by atoms with van der Waals surface area (Å²) in [6.07, 6.45) is 0. The summed E-state index contributed by atoms with van der Waals surface area (Å²) < 4.78 is 2.01. The highest BCUT2D eigenvalue weighted by Crippen LogP contribution is 2.25. The third-order valence-electron chi connectivity index (χ3n) is 3.49. The molecular formula is C13H15N5. The third-order valence-corrected chi connectivity index (χ3v) is 3.49. The Morgan fingerprint density at radius 3 is 3.11 bits per heavy atom. The Kier molecular flexibility index (Phi) is 2.21. The maximum absolute atomic E-state index is 4.61. The van der Waals surface area contributed by atoms with Crippen LogP contribution in [-0.2, 0) is 13.1 Å². The van der Waals surface area contributed by atoms with E-state index in [0.29, 0.717) is 6.04 Å². The molecule has 18 heavy (non-hydrogen) atoms. The van der Waals surface area contributed by atoms with Crippen molar-refractivity contribution < 1.29 is 0 Å². The van der Waals surface area contributed by atoms with Crippen molar-refractivity contribution in [3.63, 3.8) is 0 Å². The van der Waals surface area contributed by atoms with Gasteiger partial charge in [0.25, 0.3) is 0 Å². The third kappa shape index (κ3) is 1.72. The van der Waals surface area contributed by atoms with Gasteiger partial charge in [-0.25, -0.2) is 9.67 Å². The van der Waals surface area contributed by atoms with E-state index in [1.165, 1.54) is 5.56 Å². The molecule has 0 saturated carbocycles. The lowest BCUT2D eigenvalue weighted by Gasteiger charge is -2.11. The van der Waals surface area contributed by atoms with Crippen molar-refractivity contribution in [2.24, 2.45) is 0 Å². The lowest BCUT2D eigenvalue weighted by molar-refractivity contribution is 0.469. The molecule has 0 bridgehead atoms. The summed E-state index contributed by atoms with van der Waals surface area (Å²) in [5.41, 5.74) is 2.45. The minimum Gasteiger partial charge on any atom is -0.308 e. The highest BCUT2D eigenvalue weighted by atomic mass is 15.4. The van der Waals surface area contributed by atoms with Crippen LogP contribution in [0.4, 0.5) is 0 Å². The number of hydrogen-bond acceptors (Lipinski definition) is 4. The largest absolute Gasteiger partial charge is 0.308 e. The van der Waals surface area contributed by atoms with Gasteiger partial charge in [0.2, 0.25) is 0 Å². The number of nitrogens with one attached hydrogen (secondary N) is 2. The van der Waals surface area contributed by atoms with Gasteiger partial charge < -0.3 is 10.6 Å². The van der Waals surface area contributed by atoms with E-state index in [0.717, 1.165) is 43.4 Å². The normalized spacial score (nSPS) is 21.7. The monoisotopic (exact) mass is 241 g/mol. The van der Waals surface area contributed by atoms with Crippen LogP contribution in [-0.4, -0.2) is 27.9 Å². The van der Waals surface area contributed by atoms with Crippen molar-refractivity contribution >= 4 is 0 Å². The van der Waals surface area contributed by atoms with Gasteiger partial charge in [0.1, 0.15) is 5.82 Å². The molecular weight excluding hydrogens is 226 g/mol. The second kappa shape index (κ2) is 3.90. The standard InChI is InChI=1S/C13H15N5/c1-2-9(11-7-15-11)6-10(3-1)13-16-12-8-14-4-5-18(12)17-13/h1-3,6,11,14-15H,4-5,7-8H2. The number of nitrogens with zero attached hydrogens (tertiary/aromatic N) is 3. The van der Waals surface area contributed by atoms with E-state index in [1.54, 1.807) is 0 Å².